The van der Waals surface area contributed by atoms with Crippen LogP contribution >= 0.6 is 0 Å². The van der Waals surface area contributed by atoms with E-state index < -0.39 is 58.7 Å². The van der Waals surface area contributed by atoms with Crippen molar-refractivity contribution in [3.63, 3.8) is 0 Å². The molecule has 3 aromatic rings. The monoisotopic (exact) mass is 688 g/mol. The Morgan fingerprint density at radius 1 is 0.681 bits per heavy atom. The van der Waals surface area contributed by atoms with E-state index in [-0.39, 0.29) is 49.1 Å². The van der Waals surface area contributed by atoms with Gasteiger partial charge in [-0.2, -0.15) is 52.7 Å². The lowest BCUT2D eigenvalue weighted by molar-refractivity contribution is -0.144. The lowest BCUT2D eigenvalue weighted by Gasteiger charge is -2.47. The number of anilines is 1. The Bertz CT molecular complexity index is 1530. The van der Waals surface area contributed by atoms with Gasteiger partial charge in [-0.15, -0.1) is 0 Å². The number of carbonyl (C=O) groups is 1. The topological polar surface area (TPSA) is 52.0 Å². The normalized spacial score (nSPS) is 17.6. The van der Waals surface area contributed by atoms with Gasteiger partial charge in [-0.25, -0.2) is 4.79 Å². The number of amides is 2. The predicted molar refractivity (Wildman–Crippen MR) is 142 cm³/mol. The van der Waals surface area contributed by atoms with E-state index in [1.54, 1.807) is 0 Å². The molecule has 1 N–H and O–H groups in total. The smallest absolute Gasteiger partial charge is 0.416 e. The molecular weight excluding hydrogens is 664 g/mol. The van der Waals surface area contributed by atoms with Crippen molar-refractivity contribution in [3.05, 3.63) is 76.5 Å². The van der Waals surface area contributed by atoms with E-state index in [4.69, 9.17) is 4.42 Å². The van der Waals surface area contributed by atoms with Gasteiger partial charge in [-0.05, 0) is 48.5 Å². The summed E-state index contributed by atoms with van der Waals surface area (Å²) in [5, 5.41) is 2.10. The van der Waals surface area contributed by atoms with Gasteiger partial charge >= 0.3 is 30.7 Å². The summed E-state index contributed by atoms with van der Waals surface area (Å²) in [6.45, 7) is 2.58. The van der Waals surface area contributed by atoms with E-state index in [0.29, 0.717) is 56.2 Å². The molecule has 0 spiro atoms. The van der Waals surface area contributed by atoms with Crippen LogP contribution in [-0.4, -0.2) is 66.0 Å². The van der Waals surface area contributed by atoms with Gasteiger partial charge in [-0.1, -0.05) is 0 Å². The Labute approximate surface area is 258 Å². The third kappa shape index (κ3) is 8.14. The average Bonchev–Trinajstić information content (AvgIpc) is 3.39. The predicted octanol–water partition coefficient (Wildman–Crippen LogP) is 8.06. The Kier molecular flexibility index (Phi) is 8.98. The van der Waals surface area contributed by atoms with Gasteiger partial charge in [0.25, 0.3) is 0 Å². The first kappa shape index (κ1) is 34.4. The summed E-state index contributed by atoms with van der Waals surface area (Å²) in [5.41, 5.74) is -7.07. The van der Waals surface area contributed by atoms with Crippen LogP contribution < -0.4 is 5.32 Å². The van der Waals surface area contributed by atoms with Crippen molar-refractivity contribution in [1.29, 1.82) is 0 Å². The van der Waals surface area contributed by atoms with Crippen molar-refractivity contribution < 1.29 is 61.9 Å². The molecule has 47 heavy (non-hydrogen) atoms. The molecule has 256 valence electrons. The lowest BCUT2D eigenvalue weighted by Crippen LogP contribution is -2.64. The first-order valence-electron chi connectivity index (χ1n) is 13.9. The number of furan rings is 1. The molecule has 0 aliphatic carbocycles. The number of halogens is 12. The highest BCUT2D eigenvalue weighted by Gasteiger charge is 2.40. The molecule has 2 fully saturated rings. The van der Waals surface area contributed by atoms with Gasteiger partial charge in [0.2, 0.25) is 0 Å². The number of likely N-dealkylation sites (tertiary alicyclic amines) is 1. The van der Waals surface area contributed by atoms with Crippen molar-refractivity contribution in [3.8, 4) is 11.3 Å². The van der Waals surface area contributed by atoms with Gasteiger partial charge in [0, 0.05) is 56.6 Å². The minimum Gasteiger partial charge on any atom is -0.460 e. The number of hydrogen-bond acceptors (Lipinski definition) is 4. The third-order valence-electron chi connectivity index (χ3n) is 7.82. The van der Waals surface area contributed by atoms with Gasteiger partial charge in [0.15, 0.2) is 0 Å². The van der Waals surface area contributed by atoms with Crippen molar-refractivity contribution in [2.24, 2.45) is 0 Å². The molecule has 6 nitrogen and oxygen atoms in total. The number of rotatable bonds is 5. The standard InChI is InChI=1S/C29H24F12N4O2/c30-26(31,32)17-7-16(8-18(9-17)27(33,34)35)24-2-1-23(47-24)15-43-3-5-44(6-4-43)22-13-45(14-22)25(46)42-21-11-19(28(36,37)38)10-20(12-21)29(39,40)41/h1-2,7-12,22H,3-6,13-15H2,(H,42,46). The number of urea groups is 1. The van der Waals surface area contributed by atoms with Crippen LogP contribution in [0.2, 0.25) is 0 Å². The summed E-state index contributed by atoms with van der Waals surface area (Å²) < 4.78 is 164. The molecule has 2 amide bonds. The van der Waals surface area contributed by atoms with E-state index in [0.717, 1.165) is 0 Å². The fourth-order valence-corrected chi connectivity index (χ4v) is 5.30. The summed E-state index contributed by atoms with van der Waals surface area (Å²) in [6, 6.07) is 3.77. The van der Waals surface area contributed by atoms with Gasteiger partial charge < -0.3 is 14.6 Å². The van der Waals surface area contributed by atoms with Crippen LogP contribution in [-0.2, 0) is 31.2 Å². The molecule has 2 aliphatic heterocycles. The Morgan fingerprint density at radius 2 is 1.15 bits per heavy atom. The fourth-order valence-electron chi connectivity index (χ4n) is 5.30. The Morgan fingerprint density at radius 3 is 1.62 bits per heavy atom. The third-order valence-corrected chi connectivity index (χ3v) is 7.82. The maximum absolute atomic E-state index is 13.2. The molecule has 2 aromatic carbocycles. The number of carbonyl (C=O) groups excluding carboxylic acids is 1. The number of alkyl halides is 12. The molecule has 1 aromatic heterocycles. The number of piperazine rings is 1. The highest BCUT2D eigenvalue weighted by molar-refractivity contribution is 5.90. The summed E-state index contributed by atoms with van der Waals surface area (Å²) in [7, 11) is 0. The Balaban J connectivity index is 1.13. The van der Waals surface area contributed by atoms with Crippen molar-refractivity contribution >= 4 is 11.7 Å². The van der Waals surface area contributed by atoms with Crippen molar-refractivity contribution in [1.82, 2.24) is 14.7 Å². The summed E-state index contributed by atoms with van der Waals surface area (Å²) in [4.78, 5) is 17.8. The molecule has 2 aliphatic rings. The van der Waals surface area contributed by atoms with E-state index in [9.17, 15) is 57.5 Å². The zero-order valence-electron chi connectivity index (χ0n) is 23.8. The molecule has 0 unspecified atom stereocenters. The first-order valence-corrected chi connectivity index (χ1v) is 13.9. The molecule has 0 atom stereocenters. The zero-order chi connectivity index (χ0) is 34.5. The van der Waals surface area contributed by atoms with Crippen LogP contribution in [0, 0.1) is 0 Å². The zero-order valence-corrected chi connectivity index (χ0v) is 23.8. The summed E-state index contributed by atoms with van der Waals surface area (Å²) in [5.74, 6) is 0.150. The van der Waals surface area contributed by atoms with Crippen LogP contribution in [0.25, 0.3) is 11.3 Å². The number of benzene rings is 2. The van der Waals surface area contributed by atoms with Gasteiger partial charge in [-0.3, -0.25) is 9.80 Å². The number of nitrogens with one attached hydrogen (secondary N) is 1. The van der Waals surface area contributed by atoms with Crippen LogP contribution in [0.3, 0.4) is 0 Å². The van der Waals surface area contributed by atoms with Crippen LogP contribution in [0.4, 0.5) is 63.2 Å². The van der Waals surface area contributed by atoms with E-state index >= 15 is 0 Å². The molecule has 2 saturated heterocycles. The largest absolute Gasteiger partial charge is 0.460 e. The maximum Gasteiger partial charge on any atom is 0.416 e. The molecule has 3 heterocycles. The first-order chi connectivity index (χ1) is 21.7. The second kappa shape index (κ2) is 12.3. The maximum atomic E-state index is 13.2. The highest BCUT2D eigenvalue weighted by atomic mass is 19.4. The lowest BCUT2D eigenvalue weighted by atomic mass is 10.0. The second-order valence-corrected chi connectivity index (χ2v) is 11.2. The minimum absolute atomic E-state index is 0.0317. The van der Waals surface area contributed by atoms with E-state index in [2.05, 4.69) is 5.32 Å². The van der Waals surface area contributed by atoms with Crippen molar-refractivity contribution in [2.45, 2.75) is 37.3 Å². The fraction of sp³-hybridized carbons (Fsp3) is 0.414. The van der Waals surface area contributed by atoms with Crippen molar-refractivity contribution in [2.75, 3.05) is 44.6 Å². The SMILES string of the molecule is O=C(Nc1cc(C(F)(F)F)cc(C(F)(F)F)c1)N1CC(N2CCN(Cc3ccc(-c4cc(C(F)(F)F)cc(C(F)(F)F)c4)o3)CC2)C1. The van der Waals surface area contributed by atoms with E-state index in [1.165, 1.54) is 17.0 Å². The quantitative estimate of drug-likeness (QED) is 0.276. The number of hydrogen-bond donors (Lipinski definition) is 1. The minimum atomic E-state index is -5.06. The van der Waals surface area contributed by atoms with Crippen LogP contribution in [0.5, 0.6) is 0 Å². The number of nitrogens with zero attached hydrogens (tertiary/aromatic N) is 3. The highest BCUT2D eigenvalue weighted by Crippen LogP contribution is 2.40. The van der Waals surface area contributed by atoms with Gasteiger partial charge in [0.1, 0.15) is 11.5 Å². The molecule has 0 radical (unpaired) electrons. The molecule has 18 heteroatoms. The summed E-state index contributed by atoms with van der Waals surface area (Å²) in [6.07, 6.45) is -20.1. The average molecular weight is 689 g/mol. The second-order valence-electron chi connectivity index (χ2n) is 11.2. The summed E-state index contributed by atoms with van der Waals surface area (Å²) >= 11 is 0. The van der Waals surface area contributed by atoms with Gasteiger partial charge in [0.05, 0.1) is 28.8 Å². The molecule has 5 rings (SSSR count). The van der Waals surface area contributed by atoms with E-state index in [1.807, 2.05) is 9.80 Å². The van der Waals surface area contributed by atoms with Crippen LogP contribution in [0.1, 0.15) is 28.0 Å². The Hall–Kier alpha value is -3.93. The molecular formula is C29H24F12N4O2. The van der Waals surface area contributed by atoms with Crippen LogP contribution in [0.15, 0.2) is 52.9 Å². The molecule has 0 saturated carbocycles. The molecule has 0 bridgehead atoms.